The van der Waals surface area contributed by atoms with Crippen molar-refractivity contribution >= 4 is 0 Å². The van der Waals surface area contributed by atoms with Gasteiger partial charge in [-0.3, -0.25) is 0 Å². The first-order valence-corrected chi connectivity index (χ1v) is 5.12. The predicted molar refractivity (Wildman–Crippen MR) is 58.5 cm³/mol. The van der Waals surface area contributed by atoms with E-state index in [0.29, 0.717) is 0 Å². The maximum Gasteiger partial charge on any atom is 0.151 e. The molecule has 15 heavy (non-hydrogen) atoms. The molecule has 4 heteroatoms. The number of aromatic nitrogens is 2. The molecular formula is C11H15N3O. The van der Waals surface area contributed by atoms with Crippen LogP contribution in [0.15, 0.2) is 29.0 Å². The third-order valence-electron chi connectivity index (χ3n) is 2.26. The molecule has 0 aliphatic heterocycles. The molecule has 2 rings (SSSR count). The molecule has 0 atom stereocenters. The first-order valence-electron chi connectivity index (χ1n) is 5.12. The Morgan fingerprint density at radius 2 is 2.47 bits per heavy atom. The highest BCUT2D eigenvalue weighted by Gasteiger charge is 2.04. The van der Waals surface area contributed by atoms with Gasteiger partial charge in [0.2, 0.25) is 0 Å². The van der Waals surface area contributed by atoms with Crippen LogP contribution in [-0.4, -0.2) is 23.6 Å². The third-order valence-corrected chi connectivity index (χ3v) is 2.26. The van der Waals surface area contributed by atoms with Gasteiger partial charge < -0.3 is 14.7 Å². The second kappa shape index (κ2) is 4.79. The van der Waals surface area contributed by atoms with Gasteiger partial charge in [-0.15, -0.1) is 0 Å². The highest BCUT2D eigenvalue weighted by Crippen LogP contribution is 2.17. The van der Waals surface area contributed by atoms with E-state index in [-0.39, 0.29) is 0 Å². The van der Waals surface area contributed by atoms with Crippen LogP contribution in [0.4, 0.5) is 0 Å². The zero-order valence-electron chi connectivity index (χ0n) is 8.79. The van der Waals surface area contributed by atoms with Gasteiger partial charge in [0.05, 0.1) is 12.5 Å². The average Bonchev–Trinajstić information content (AvgIpc) is 2.87. The molecule has 2 aromatic heterocycles. The summed E-state index contributed by atoms with van der Waals surface area (Å²) in [5.41, 5.74) is 0.944. The number of imidazole rings is 1. The second-order valence-corrected chi connectivity index (χ2v) is 3.43. The van der Waals surface area contributed by atoms with Crippen LogP contribution in [0.5, 0.6) is 0 Å². The molecule has 0 bridgehead atoms. The van der Waals surface area contributed by atoms with E-state index in [1.807, 2.05) is 25.4 Å². The molecule has 0 fully saturated rings. The minimum Gasteiger partial charge on any atom is -0.463 e. The molecule has 0 saturated carbocycles. The quantitative estimate of drug-likeness (QED) is 0.732. The number of aromatic amines is 1. The van der Waals surface area contributed by atoms with Crippen molar-refractivity contribution in [3.05, 3.63) is 30.4 Å². The Morgan fingerprint density at radius 1 is 1.53 bits per heavy atom. The first kappa shape index (κ1) is 9.98. The van der Waals surface area contributed by atoms with Crippen LogP contribution in [0.25, 0.3) is 11.5 Å². The van der Waals surface area contributed by atoms with E-state index < -0.39 is 0 Å². The Hall–Kier alpha value is -1.55. The number of nitrogens with one attached hydrogen (secondary N) is 2. The minimum absolute atomic E-state index is 0.836. The highest BCUT2D eigenvalue weighted by atomic mass is 16.3. The summed E-state index contributed by atoms with van der Waals surface area (Å²) in [5.74, 6) is 1.85. The maximum atomic E-state index is 5.27. The fourth-order valence-electron chi connectivity index (χ4n) is 1.48. The summed E-state index contributed by atoms with van der Waals surface area (Å²) >= 11 is 0. The van der Waals surface area contributed by atoms with E-state index >= 15 is 0 Å². The monoisotopic (exact) mass is 205 g/mol. The highest BCUT2D eigenvalue weighted by molar-refractivity contribution is 5.50. The van der Waals surface area contributed by atoms with Gasteiger partial charge in [0.1, 0.15) is 11.5 Å². The lowest BCUT2D eigenvalue weighted by Crippen LogP contribution is -2.08. The van der Waals surface area contributed by atoms with E-state index in [4.69, 9.17) is 4.42 Å². The number of rotatable bonds is 5. The summed E-state index contributed by atoms with van der Waals surface area (Å²) in [4.78, 5) is 7.54. The third kappa shape index (κ3) is 2.47. The molecule has 0 aliphatic rings. The summed E-state index contributed by atoms with van der Waals surface area (Å²) in [6.07, 6.45) is 5.52. The second-order valence-electron chi connectivity index (χ2n) is 3.43. The van der Waals surface area contributed by atoms with Gasteiger partial charge in [0, 0.05) is 6.42 Å². The molecule has 2 aromatic rings. The molecule has 0 radical (unpaired) electrons. The lowest BCUT2D eigenvalue weighted by Gasteiger charge is -1.96. The van der Waals surface area contributed by atoms with Crippen molar-refractivity contribution in [1.82, 2.24) is 15.3 Å². The molecule has 4 nitrogen and oxygen atoms in total. The number of hydrogen-bond acceptors (Lipinski definition) is 3. The molecule has 0 aromatic carbocycles. The van der Waals surface area contributed by atoms with Crippen molar-refractivity contribution in [2.24, 2.45) is 0 Å². The maximum absolute atomic E-state index is 5.27. The molecule has 2 heterocycles. The van der Waals surface area contributed by atoms with Crippen LogP contribution in [-0.2, 0) is 6.42 Å². The predicted octanol–water partition coefficient (Wildman–Crippen LogP) is 1.82. The summed E-state index contributed by atoms with van der Waals surface area (Å²) in [6.45, 7) is 1.01. The van der Waals surface area contributed by atoms with E-state index in [1.165, 1.54) is 0 Å². The van der Waals surface area contributed by atoms with Crippen LogP contribution in [0, 0.1) is 0 Å². The van der Waals surface area contributed by atoms with Gasteiger partial charge in [0.15, 0.2) is 5.76 Å². The van der Waals surface area contributed by atoms with Crippen LogP contribution >= 0.6 is 0 Å². The standard InChI is InChI=1S/C11H15N3O/c1-12-6-2-5-11-13-8-9(14-11)10-4-3-7-15-10/h3-4,7-8,12H,2,5-6H2,1H3,(H,13,14). The molecule has 0 amide bonds. The molecule has 0 saturated heterocycles. The van der Waals surface area contributed by atoms with Gasteiger partial charge in [-0.05, 0) is 32.1 Å². The number of aryl methyl sites for hydroxylation is 1. The summed E-state index contributed by atoms with van der Waals surface area (Å²) in [5, 5.41) is 3.11. The lowest BCUT2D eigenvalue weighted by atomic mass is 10.3. The van der Waals surface area contributed by atoms with Crippen LogP contribution < -0.4 is 5.32 Å². The molecule has 0 unspecified atom stereocenters. The Balaban J connectivity index is 1.98. The van der Waals surface area contributed by atoms with Gasteiger partial charge >= 0.3 is 0 Å². The Bertz CT molecular complexity index is 392. The Labute approximate surface area is 88.7 Å². The van der Waals surface area contributed by atoms with Gasteiger partial charge in [-0.1, -0.05) is 0 Å². The summed E-state index contributed by atoms with van der Waals surface area (Å²) < 4.78 is 5.27. The fourth-order valence-corrected chi connectivity index (χ4v) is 1.48. The molecule has 0 spiro atoms. The number of hydrogen-bond donors (Lipinski definition) is 2. The van der Waals surface area contributed by atoms with Gasteiger partial charge in [-0.2, -0.15) is 0 Å². The van der Waals surface area contributed by atoms with Crippen LogP contribution in [0.3, 0.4) is 0 Å². The normalized spacial score (nSPS) is 10.7. The molecule has 80 valence electrons. The minimum atomic E-state index is 0.836. The number of nitrogens with zero attached hydrogens (tertiary/aromatic N) is 1. The fraction of sp³-hybridized carbons (Fsp3) is 0.364. The lowest BCUT2D eigenvalue weighted by molar-refractivity contribution is 0.580. The topological polar surface area (TPSA) is 53.9 Å². The van der Waals surface area contributed by atoms with E-state index in [2.05, 4.69) is 15.3 Å². The molecular weight excluding hydrogens is 190 g/mol. The van der Waals surface area contributed by atoms with Crippen molar-refractivity contribution in [2.45, 2.75) is 12.8 Å². The van der Waals surface area contributed by atoms with E-state index in [9.17, 15) is 0 Å². The van der Waals surface area contributed by atoms with Crippen molar-refractivity contribution in [2.75, 3.05) is 13.6 Å². The van der Waals surface area contributed by atoms with Crippen molar-refractivity contribution in [1.29, 1.82) is 0 Å². The van der Waals surface area contributed by atoms with Gasteiger partial charge in [0.25, 0.3) is 0 Å². The zero-order chi connectivity index (χ0) is 10.5. The van der Waals surface area contributed by atoms with Crippen molar-refractivity contribution in [3.8, 4) is 11.5 Å². The first-order chi connectivity index (χ1) is 7.40. The van der Waals surface area contributed by atoms with E-state index in [0.717, 1.165) is 36.7 Å². The van der Waals surface area contributed by atoms with Crippen LogP contribution in [0.1, 0.15) is 12.2 Å². The van der Waals surface area contributed by atoms with Crippen molar-refractivity contribution in [3.63, 3.8) is 0 Å². The Kier molecular flexibility index (Phi) is 3.19. The number of H-pyrrole nitrogens is 1. The van der Waals surface area contributed by atoms with Crippen molar-refractivity contribution < 1.29 is 4.42 Å². The Morgan fingerprint density at radius 3 is 3.20 bits per heavy atom. The summed E-state index contributed by atoms with van der Waals surface area (Å²) in [7, 11) is 1.95. The largest absolute Gasteiger partial charge is 0.463 e. The molecule has 0 aliphatic carbocycles. The van der Waals surface area contributed by atoms with Crippen LogP contribution in [0.2, 0.25) is 0 Å². The van der Waals surface area contributed by atoms with Gasteiger partial charge in [-0.25, -0.2) is 4.98 Å². The SMILES string of the molecule is CNCCCc1ncc(-c2ccco2)[nH]1. The smallest absolute Gasteiger partial charge is 0.151 e. The van der Waals surface area contributed by atoms with E-state index in [1.54, 1.807) is 6.26 Å². The summed E-state index contributed by atoms with van der Waals surface area (Å²) in [6, 6.07) is 3.79. The average molecular weight is 205 g/mol. The number of furan rings is 1. The zero-order valence-corrected chi connectivity index (χ0v) is 8.79. The molecule has 2 N–H and O–H groups in total.